The molecule has 9 heteroatoms. The van der Waals surface area contributed by atoms with Crippen molar-refractivity contribution >= 4 is 23.2 Å². The van der Waals surface area contributed by atoms with Crippen LogP contribution in [-0.4, -0.2) is 61.0 Å². The lowest BCUT2D eigenvalue weighted by molar-refractivity contribution is 0.0526. The van der Waals surface area contributed by atoms with Crippen LogP contribution in [0.5, 0.6) is 0 Å². The van der Waals surface area contributed by atoms with E-state index in [1.807, 2.05) is 18.4 Å². The smallest absolute Gasteiger partial charge is 0.367 e. The maximum atomic E-state index is 12.9. The summed E-state index contributed by atoms with van der Waals surface area (Å²) in [6.07, 6.45) is 2.89. The summed E-state index contributed by atoms with van der Waals surface area (Å²) in [5.41, 5.74) is 2.92. The molecule has 0 spiro atoms. The zero-order valence-corrected chi connectivity index (χ0v) is 18.5. The van der Waals surface area contributed by atoms with Crippen LogP contribution in [0.1, 0.15) is 52.0 Å². The van der Waals surface area contributed by atoms with E-state index >= 15 is 0 Å². The summed E-state index contributed by atoms with van der Waals surface area (Å²) in [5, 5.41) is 5.11. The van der Waals surface area contributed by atoms with Gasteiger partial charge in [-0.2, -0.15) is 0 Å². The third-order valence-electron chi connectivity index (χ3n) is 5.07. The van der Waals surface area contributed by atoms with E-state index in [9.17, 15) is 9.59 Å². The van der Waals surface area contributed by atoms with Crippen molar-refractivity contribution in [3.63, 3.8) is 0 Å². The maximum absolute atomic E-state index is 12.9. The van der Waals surface area contributed by atoms with Gasteiger partial charge >= 0.3 is 5.97 Å². The first-order valence-corrected chi connectivity index (χ1v) is 11.1. The van der Waals surface area contributed by atoms with Crippen LogP contribution < -0.4 is 5.32 Å². The first kappa shape index (κ1) is 22.5. The lowest BCUT2D eigenvalue weighted by Gasteiger charge is -2.12. The van der Waals surface area contributed by atoms with Crippen molar-refractivity contribution in [2.75, 3.05) is 33.5 Å². The molecule has 1 saturated heterocycles. The number of carbonyl (C=O) groups is 2. The summed E-state index contributed by atoms with van der Waals surface area (Å²) in [5.74, 6) is -0.562. The minimum absolute atomic E-state index is 0.0863. The molecule has 164 valence electrons. The number of ether oxygens (including phenoxy) is 3. The average molecular weight is 436 g/mol. The molecule has 1 N–H and O–H groups in total. The zero-order chi connectivity index (χ0) is 21.5. The van der Waals surface area contributed by atoms with Crippen LogP contribution in [0.25, 0.3) is 11.4 Å². The molecule has 1 unspecified atom stereocenters. The van der Waals surface area contributed by atoms with Crippen LogP contribution in [0.3, 0.4) is 0 Å². The average Bonchev–Trinajstić information content (AvgIpc) is 3.47. The zero-order valence-electron chi connectivity index (χ0n) is 17.7. The van der Waals surface area contributed by atoms with Gasteiger partial charge in [0.25, 0.3) is 5.91 Å². The molecular weight excluding hydrogens is 406 g/mol. The molecule has 1 amide bonds. The van der Waals surface area contributed by atoms with Gasteiger partial charge in [-0.3, -0.25) is 4.79 Å². The normalized spacial score (nSPS) is 16.0. The number of rotatable bonds is 10. The molecule has 1 aliphatic rings. The largest absolute Gasteiger partial charge is 0.461 e. The van der Waals surface area contributed by atoms with Crippen molar-refractivity contribution in [2.24, 2.45) is 0 Å². The quantitative estimate of drug-likeness (QED) is 0.456. The van der Waals surface area contributed by atoms with Crippen LogP contribution in [-0.2, 0) is 20.8 Å². The Balaban J connectivity index is 1.84. The fourth-order valence-corrected chi connectivity index (χ4v) is 4.23. The summed E-state index contributed by atoms with van der Waals surface area (Å²) < 4.78 is 17.9. The summed E-state index contributed by atoms with van der Waals surface area (Å²) in [7, 11) is 1.67. The van der Waals surface area contributed by atoms with E-state index < -0.39 is 5.97 Å². The van der Waals surface area contributed by atoms with E-state index in [1.165, 1.54) is 11.3 Å². The molecular formula is C21H29N3O5S. The summed E-state index contributed by atoms with van der Waals surface area (Å²) in [6.45, 7) is 6.55. The fourth-order valence-electron chi connectivity index (χ4n) is 3.53. The number of amides is 1. The second-order valence-corrected chi connectivity index (χ2v) is 7.99. The SMILES string of the molecule is CCOC(=O)c1nc(-c2cc(C(=O)NCC3CCCO3)c(C)n2CCCOC)cs1. The van der Waals surface area contributed by atoms with E-state index in [2.05, 4.69) is 14.9 Å². The number of esters is 1. The van der Waals surface area contributed by atoms with Gasteiger partial charge in [-0.05, 0) is 39.2 Å². The van der Waals surface area contributed by atoms with Crippen molar-refractivity contribution in [2.45, 2.75) is 45.8 Å². The molecule has 1 fully saturated rings. The highest BCUT2D eigenvalue weighted by Gasteiger charge is 2.23. The minimum Gasteiger partial charge on any atom is -0.461 e. The van der Waals surface area contributed by atoms with Gasteiger partial charge in [0.05, 0.1) is 29.7 Å². The molecule has 0 aromatic carbocycles. The Hall–Kier alpha value is -2.23. The maximum Gasteiger partial charge on any atom is 0.367 e. The third kappa shape index (κ3) is 5.27. The Bertz CT molecular complexity index is 870. The number of aromatic nitrogens is 2. The number of methoxy groups -OCH3 is 1. The van der Waals surface area contributed by atoms with Crippen LogP contribution in [0.4, 0.5) is 0 Å². The van der Waals surface area contributed by atoms with E-state index in [0.29, 0.717) is 42.6 Å². The molecule has 1 atom stereocenters. The topological polar surface area (TPSA) is 91.7 Å². The second-order valence-electron chi connectivity index (χ2n) is 7.13. The van der Waals surface area contributed by atoms with E-state index in [-0.39, 0.29) is 12.0 Å². The van der Waals surface area contributed by atoms with Gasteiger partial charge in [-0.25, -0.2) is 9.78 Å². The standard InChI is InChI=1S/C21H29N3O5S/c1-4-28-21(26)20-23-17(13-30-20)18-11-16(14(2)24(18)8-6-9-27-3)19(25)22-12-15-7-5-10-29-15/h11,13,15H,4-10,12H2,1-3H3,(H,22,25). The number of nitrogens with one attached hydrogen (secondary N) is 1. The summed E-state index contributed by atoms with van der Waals surface area (Å²) >= 11 is 1.24. The highest BCUT2D eigenvalue weighted by molar-refractivity contribution is 7.11. The predicted octanol–water partition coefficient (Wildman–Crippen LogP) is 3.04. The molecule has 2 aromatic heterocycles. The molecule has 3 heterocycles. The van der Waals surface area contributed by atoms with Gasteiger partial charge in [-0.15, -0.1) is 11.3 Å². The van der Waals surface area contributed by atoms with Gasteiger partial charge < -0.3 is 24.1 Å². The molecule has 0 aliphatic carbocycles. The molecule has 8 nitrogen and oxygen atoms in total. The van der Waals surface area contributed by atoms with Crippen molar-refractivity contribution < 1.29 is 23.8 Å². The van der Waals surface area contributed by atoms with Gasteiger partial charge in [0.15, 0.2) is 0 Å². The number of hydrogen-bond acceptors (Lipinski definition) is 7. The molecule has 0 saturated carbocycles. The summed E-state index contributed by atoms with van der Waals surface area (Å²) in [6, 6.07) is 1.84. The van der Waals surface area contributed by atoms with Gasteiger partial charge in [0.1, 0.15) is 0 Å². The van der Waals surface area contributed by atoms with Crippen molar-refractivity contribution in [1.29, 1.82) is 0 Å². The summed E-state index contributed by atoms with van der Waals surface area (Å²) in [4.78, 5) is 29.3. The van der Waals surface area contributed by atoms with Crippen molar-refractivity contribution in [3.05, 3.63) is 27.7 Å². The van der Waals surface area contributed by atoms with E-state index in [4.69, 9.17) is 14.2 Å². The lowest BCUT2D eigenvalue weighted by Crippen LogP contribution is -2.32. The van der Waals surface area contributed by atoms with Crippen molar-refractivity contribution in [3.8, 4) is 11.4 Å². The Labute approximate surface area is 180 Å². The molecule has 1 aliphatic heterocycles. The van der Waals surface area contributed by atoms with Gasteiger partial charge in [-0.1, -0.05) is 0 Å². The van der Waals surface area contributed by atoms with Crippen molar-refractivity contribution in [1.82, 2.24) is 14.9 Å². The van der Waals surface area contributed by atoms with Crippen LogP contribution in [0.15, 0.2) is 11.4 Å². The molecule has 2 aromatic rings. The lowest BCUT2D eigenvalue weighted by atomic mass is 10.2. The van der Waals surface area contributed by atoms with Crippen LogP contribution >= 0.6 is 11.3 Å². The fraction of sp³-hybridized carbons (Fsp3) is 0.571. The number of thiazole rings is 1. The van der Waals surface area contributed by atoms with Crippen LogP contribution in [0, 0.1) is 6.92 Å². The van der Waals surface area contributed by atoms with Gasteiger partial charge in [0.2, 0.25) is 5.01 Å². The second kappa shape index (κ2) is 10.7. The highest BCUT2D eigenvalue weighted by atomic mass is 32.1. The number of carbonyl (C=O) groups excluding carboxylic acids is 2. The van der Waals surface area contributed by atoms with E-state index in [0.717, 1.165) is 37.3 Å². The van der Waals surface area contributed by atoms with Gasteiger partial charge in [0, 0.05) is 44.5 Å². The minimum atomic E-state index is -0.433. The predicted molar refractivity (Wildman–Crippen MR) is 114 cm³/mol. The highest BCUT2D eigenvalue weighted by Crippen LogP contribution is 2.28. The Kier molecular flexibility index (Phi) is 8.01. The molecule has 0 bridgehead atoms. The number of nitrogens with zero attached hydrogens (tertiary/aromatic N) is 2. The molecule has 30 heavy (non-hydrogen) atoms. The van der Waals surface area contributed by atoms with Crippen LogP contribution in [0.2, 0.25) is 0 Å². The monoisotopic (exact) mass is 435 g/mol. The van der Waals surface area contributed by atoms with E-state index in [1.54, 1.807) is 14.0 Å². The third-order valence-corrected chi connectivity index (χ3v) is 5.89. The molecule has 3 rings (SSSR count). The Morgan fingerprint density at radius 2 is 2.27 bits per heavy atom. The first-order chi connectivity index (χ1) is 14.5. The Morgan fingerprint density at radius 3 is 2.97 bits per heavy atom. The first-order valence-electron chi connectivity index (χ1n) is 10.3. The molecule has 0 radical (unpaired) electrons. The Morgan fingerprint density at radius 1 is 1.43 bits per heavy atom. The number of hydrogen-bond donors (Lipinski definition) is 1.